The number of benzene rings is 1. The number of carbonyl (C=O) groups is 2. The number of rotatable bonds is 2. The van der Waals surface area contributed by atoms with Gasteiger partial charge in [0.2, 0.25) is 0 Å². The first-order valence-electron chi connectivity index (χ1n) is 4.45. The first-order chi connectivity index (χ1) is 7.22. The number of nitrogens with one attached hydrogen (secondary N) is 1. The summed E-state index contributed by atoms with van der Waals surface area (Å²) in [6.45, 7) is 1.62. The van der Waals surface area contributed by atoms with E-state index in [0.29, 0.717) is 5.75 Å². The minimum absolute atomic E-state index is 0.186. The highest BCUT2D eigenvalue weighted by molar-refractivity contribution is 5.74. The molecule has 0 aliphatic carbocycles. The van der Waals surface area contributed by atoms with Gasteiger partial charge in [0.15, 0.2) is 0 Å². The van der Waals surface area contributed by atoms with Gasteiger partial charge >= 0.3 is 12.1 Å². The SMILES string of the molecule is CCC(=O)ONC(=O)Oc1ccccc1. The molecule has 5 nitrogen and oxygen atoms in total. The van der Waals surface area contributed by atoms with Crippen LogP contribution in [0.15, 0.2) is 30.3 Å². The molecule has 1 aromatic carbocycles. The van der Waals surface area contributed by atoms with Gasteiger partial charge in [-0.25, -0.2) is 9.59 Å². The molecule has 0 aromatic heterocycles. The molecule has 0 fully saturated rings. The number of hydrogen-bond acceptors (Lipinski definition) is 4. The first kappa shape index (κ1) is 11.0. The molecule has 0 saturated carbocycles. The lowest BCUT2D eigenvalue weighted by molar-refractivity contribution is -0.148. The predicted molar refractivity (Wildman–Crippen MR) is 52.0 cm³/mol. The average molecular weight is 209 g/mol. The summed E-state index contributed by atoms with van der Waals surface area (Å²) in [6, 6.07) is 8.46. The highest BCUT2D eigenvalue weighted by Gasteiger charge is 2.06. The monoisotopic (exact) mass is 209 g/mol. The van der Waals surface area contributed by atoms with Gasteiger partial charge in [-0.15, -0.1) is 5.48 Å². The van der Waals surface area contributed by atoms with E-state index in [4.69, 9.17) is 4.74 Å². The number of hydroxylamine groups is 1. The average Bonchev–Trinajstić information content (AvgIpc) is 2.27. The fourth-order valence-electron chi connectivity index (χ4n) is 0.787. The third kappa shape index (κ3) is 4.12. The zero-order valence-electron chi connectivity index (χ0n) is 8.23. The van der Waals surface area contributed by atoms with Gasteiger partial charge in [0.1, 0.15) is 5.75 Å². The molecule has 0 spiro atoms. The van der Waals surface area contributed by atoms with Gasteiger partial charge < -0.3 is 9.57 Å². The minimum Gasteiger partial charge on any atom is -0.408 e. The topological polar surface area (TPSA) is 64.6 Å². The van der Waals surface area contributed by atoms with Gasteiger partial charge in [-0.2, -0.15) is 0 Å². The minimum atomic E-state index is -0.831. The fraction of sp³-hybridized carbons (Fsp3) is 0.200. The summed E-state index contributed by atoms with van der Waals surface area (Å²) < 4.78 is 4.78. The largest absolute Gasteiger partial charge is 0.446 e. The molecule has 0 heterocycles. The quantitative estimate of drug-likeness (QED) is 0.752. The Bertz CT molecular complexity index is 337. The molecule has 1 N–H and O–H groups in total. The Kier molecular flexibility index (Phi) is 4.15. The normalized spacial score (nSPS) is 9.13. The second-order valence-corrected chi connectivity index (χ2v) is 2.63. The summed E-state index contributed by atoms with van der Waals surface area (Å²) >= 11 is 0. The lowest BCUT2D eigenvalue weighted by atomic mass is 10.3. The van der Waals surface area contributed by atoms with Crippen LogP contribution in [0.3, 0.4) is 0 Å². The second-order valence-electron chi connectivity index (χ2n) is 2.63. The van der Waals surface area contributed by atoms with Gasteiger partial charge in [0, 0.05) is 6.42 Å². The molecule has 5 heteroatoms. The lowest BCUT2D eigenvalue weighted by Gasteiger charge is -2.05. The molecule has 0 bridgehead atoms. The van der Waals surface area contributed by atoms with E-state index in [1.54, 1.807) is 37.3 Å². The van der Waals surface area contributed by atoms with Gasteiger partial charge in [-0.1, -0.05) is 25.1 Å². The van der Waals surface area contributed by atoms with E-state index >= 15 is 0 Å². The van der Waals surface area contributed by atoms with E-state index in [9.17, 15) is 9.59 Å². The zero-order chi connectivity index (χ0) is 11.1. The van der Waals surface area contributed by atoms with Gasteiger partial charge in [0.05, 0.1) is 0 Å². The molecule has 0 saturated heterocycles. The van der Waals surface area contributed by atoms with Crippen LogP contribution in [-0.4, -0.2) is 12.1 Å². The van der Waals surface area contributed by atoms with Crippen LogP contribution in [0.2, 0.25) is 0 Å². The van der Waals surface area contributed by atoms with Crippen molar-refractivity contribution in [2.45, 2.75) is 13.3 Å². The van der Waals surface area contributed by atoms with Crippen molar-refractivity contribution in [3.63, 3.8) is 0 Å². The van der Waals surface area contributed by atoms with Crippen molar-refractivity contribution >= 4 is 12.1 Å². The fourth-order valence-corrected chi connectivity index (χ4v) is 0.787. The lowest BCUT2D eigenvalue weighted by Crippen LogP contribution is -2.29. The second kappa shape index (κ2) is 5.64. The van der Waals surface area contributed by atoms with E-state index in [1.807, 2.05) is 5.48 Å². The zero-order valence-corrected chi connectivity index (χ0v) is 8.23. The molecule has 0 aliphatic rings. The summed E-state index contributed by atoms with van der Waals surface area (Å²) in [5.74, 6) is -0.150. The molecule has 80 valence electrons. The van der Waals surface area contributed by atoms with Crippen LogP contribution in [0.4, 0.5) is 4.79 Å². The molecule has 1 amide bonds. The Labute approximate surface area is 86.9 Å². The summed E-state index contributed by atoms with van der Waals surface area (Å²) in [6.07, 6.45) is -0.644. The number of carbonyl (C=O) groups excluding carboxylic acids is 2. The Morgan fingerprint density at radius 3 is 2.53 bits per heavy atom. The van der Waals surface area contributed by atoms with Gasteiger partial charge in [-0.3, -0.25) is 0 Å². The van der Waals surface area contributed by atoms with Crippen LogP contribution in [0, 0.1) is 0 Å². The van der Waals surface area contributed by atoms with E-state index in [-0.39, 0.29) is 6.42 Å². The van der Waals surface area contributed by atoms with Crippen LogP contribution in [0.1, 0.15) is 13.3 Å². The summed E-state index contributed by atoms with van der Waals surface area (Å²) in [5, 5.41) is 0. The van der Waals surface area contributed by atoms with Gasteiger partial charge in [-0.05, 0) is 12.1 Å². The van der Waals surface area contributed by atoms with E-state index in [0.717, 1.165) is 0 Å². The summed E-state index contributed by atoms with van der Waals surface area (Å²) in [5.41, 5.74) is 1.87. The maximum atomic E-state index is 11.0. The number of ether oxygens (including phenoxy) is 1. The molecule has 15 heavy (non-hydrogen) atoms. The molecule has 1 rings (SSSR count). The molecule has 0 radical (unpaired) electrons. The van der Waals surface area contributed by atoms with E-state index in [1.165, 1.54) is 0 Å². The van der Waals surface area contributed by atoms with Crippen molar-refractivity contribution in [3.05, 3.63) is 30.3 Å². The van der Waals surface area contributed by atoms with Crippen LogP contribution in [0.5, 0.6) is 5.75 Å². The third-order valence-corrected chi connectivity index (χ3v) is 1.49. The number of amides is 1. The smallest absolute Gasteiger partial charge is 0.408 e. The predicted octanol–water partition coefficient (Wildman–Crippen LogP) is 1.64. The Balaban J connectivity index is 2.34. The Morgan fingerprint density at radius 1 is 1.27 bits per heavy atom. The van der Waals surface area contributed by atoms with Crippen molar-refractivity contribution in [1.29, 1.82) is 0 Å². The van der Waals surface area contributed by atoms with Crippen LogP contribution in [0.25, 0.3) is 0 Å². The van der Waals surface area contributed by atoms with E-state index < -0.39 is 12.1 Å². The standard InChI is InChI=1S/C10H11NO4/c1-2-9(12)15-11-10(13)14-8-6-4-3-5-7-8/h3-7H,2H2,1H3,(H,11,13). The summed E-state index contributed by atoms with van der Waals surface area (Å²) in [4.78, 5) is 26.1. The van der Waals surface area contributed by atoms with Crippen LogP contribution in [-0.2, 0) is 9.63 Å². The first-order valence-corrected chi connectivity index (χ1v) is 4.45. The van der Waals surface area contributed by atoms with Crippen LogP contribution >= 0.6 is 0 Å². The van der Waals surface area contributed by atoms with Crippen LogP contribution < -0.4 is 10.2 Å². The number of hydrogen-bond donors (Lipinski definition) is 1. The molecule has 0 atom stereocenters. The number of para-hydroxylation sites is 1. The molecular weight excluding hydrogens is 198 g/mol. The van der Waals surface area contributed by atoms with Crippen molar-refractivity contribution in [3.8, 4) is 5.75 Å². The van der Waals surface area contributed by atoms with E-state index in [2.05, 4.69) is 4.84 Å². The molecule has 0 aliphatic heterocycles. The molecular formula is C10H11NO4. The van der Waals surface area contributed by atoms with Crippen molar-refractivity contribution in [2.75, 3.05) is 0 Å². The molecule has 0 unspecified atom stereocenters. The maximum absolute atomic E-state index is 11.0. The Morgan fingerprint density at radius 2 is 1.93 bits per heavy atom. The summed E-state index contributed by atoms with van der Waals surface area (Å²) in [7, 11) is 0. The van der Waals surface area contributed by atoms with Gasteiger partial charge in [0.25, 0.3) is 0 Å². The molecule has 1 aromatic rings. The highest BCUT2D eigenvalue weighted by atomic mass is 16.7. The third-order valence-electron chi connectivity index (χ3n) is 1.49. The van der Waals surface area contributed by atoms with Crippen molar-refractivity contribution < 1.29 is 19.2 Å². The van der Waals surface area contributed by atoms with Crippen molar-refractivity contribution in [2.24, 2.45) is 0 Å². The maximum Gasteiger partial charge on any atom is 0.446 e. The van der Waals surface area contributed by atoms with Crippen molar-refractivity contribution in [1.82, 2.24) is 5.48 Å². The Hall–Kier alpha value is -2.04. The highest BCUT2D eigenvalue weighted by Crippen LogP contribution is 2.07.